The first-order valence-electron chi connectivity index (χ1n) is 15.1. The number of sulfonamides is 1. The highest BCUT2D eigenvalue weighted by Gasteiger charge is 2.25. The number of anilines is 1. The Morgan fingerprint density at radius 1 is 0.977 bits per heavy atom. The lowest BCUT2D eigenvalue weighted by atomic mass is 10.0. The van der Waals surface area contributed by atoms with Gasteiger partial charge in [0.15, 0.2) is 0 Å². The lowest BCUT2D eigenvalue weighted by molar-refractivity contribution is 0.0978. The van der Waals surface area contributed by atoms with Gasteiger partial charge in [-0.05, 0) is 111 Å². The van der Waals surface area contributed by atoms with Crippen LogP contribution in [-0.4, -0.2) is 38.2 Å². The molecule has 2 aliphatic carbocycles. The van der Waals surface area contributed by atoms with Crippen LogP contribution in [0.5, 0.6) is 5.75 Å². The van der Waals surface area contributed by atoms with E-state index in [-0.39, 0.29) is 22.3 Å². The summed E-state index contributed by atoms with van der Waals surface area (Å²) in [5, 5.41) is 3.93. The van der Waals surface area contributed by atoms with E-state index in [1.165, 1.54) is 26.0 Å². The summed E-state index contributed by atoms with van der Waals surface area (Å²) in [6.45, 7) is 2.61. The zero-order valence-electron chi connectivity index (χ0n) is 25.0. The van der Waals surface area contributed by atoms with Gasteiger partial charge in [0, 0.05) is 29.3 Å². The van der Waals surface area contributed by atoms with Gasteiger partial charge < -0.3 is 14.0 Å². The number of carbonyl (C=O) groups is 2. The third-order valence-electron chi connectivity index (χ3n) is 8.45. The van der Waals surface area contributed by atoms with Crippen molar-refractivity contribution in [3.8, 4) is 5.75 Å². The number of hydrogen-bond acceptors (Lipinski definition) is 6. The molecule has 2 saturated carbocycles. The number of aromatic nitrogens is 1. The molecule has 3 aromatic carbocycles. The van der Waals surface area contributed by atoms with Crippen molar-refractivity contribution in [2.75, 3.05) is 12.4 Å². The fourth-order valence-corrected chi connectivity index (χ4v) is 7.18. The van der Waals surface area contributed by atoms with Crippen LogP contribution in [0.1, 0.15) is 65.6 Å². The maximum atomic E-state index is 13.1. The smallest absolute Gasteiger partial charge is 0.411 e. The van der Waals surface area contributed by atoms with Gasteiger partial charge in [0.2, 0.25) is 0 Å². The van der Waals surface area contributed by atoms with Crippen LogP contribution in [0.25, 0.3) is 10.9 Å². The molecule has 10 heteroatoms. The zero-order chi connectivity index (χ0) is 30.8. The molecule has 0 atom stereocenters. The number of ether oxygens (including phenoxy) is 2. The molecule has 2 aliphatic rings. The Bertz CT molecular complexity index is 1820. The van der Waals surface area contributed by atoms with Gasteiger partial charge in [-0.2, -0.15) is 0 Å². The molecule has 0 bridgehead atoms. The summed E-state index contributed by atoms with van der Waals surface area (Å²) in [5.41, 5.74) is 4.38. The van der Waals surface area contributed by atoms with Crippen molar-refractivity contribution in [1.29, 1.82) is 0 Å². The summed E-state index contributed by atoms with van der Waals surface area (Å²) in [5.74, 6) is 0.183. The number of nitrogens with zero attached hydrogens (tertiary/aromatic N) is 1. The van der Waals surface area contributed by atoms with Crippen LogP contribution in [0.4, 0.5) is 10.5 Å². The zero-order valence-corrected chi connectivity index (χ0v) is 25.8. The van der Waals surface area contributed by atoms with Crippen molar-refractivity contribution in [2.24, 2.45) is 5.92 Å². The summed E-state index contributed by atoms with van der Waals surface area (Å²) in [6.07, 6.45) is 8.70. The van der Waals surface area contributed by atoms with E-state index in [1.54, 1.807) is 37.3 Å². The summed E-state index contributed by atoms with van der Waals surface area (Å²) in [7, 11) is -2.61. The highest BCUT2D eigenvalue weighted by atomic mass is 32.2. The first kappa shape index (κ1) is 29.7. The molecule has 9 nitrogen and oxygen atoms in total. The van der Waals surface area contributed by atoms with Crippen molar-refractivity contribution in [1.82, 2.24) is 9.29 Å². The molecular weight excluding hydrogens is 578 g/mol. The van der Waals surface area contributed by atoms with Gasteiger partial charge >= 0.3 is 6.09 Å². The van der Waals surface area contributed by atoms with Gasteiger partial charge in [0.05, 0.1) is 17.6 Å². The number of nitrogens with one attached hydrogen (secondary N) is 2. The lowest BCUT2D eigenvalue weighted by Crippen LogP contribution is -2.31. The van der Waals surface area contributed by atoms with Crippen LogP contribution in [0.3, 0.4) is 0 Å². The molecule has 0 unspecified atom stereocenters. The Labute approximate surface area is 257 Å². The summed E-state index contributed by atoms with van der Waals surface area (Å²) in [6, 6.07) is 17.6. The minimum Gasteiger partial charge on any atom is -0.496 e. The highest BCUT2D eigenvalue weighted by Crippen LogP contribution is 2.35. The molecule has 4 aromatic rings. The predicted octanol–water partition coefficient (Wildman–Crippen LogP) is 6.57. The molecule has 6 rings (SSSR count). The minimum atomic E-state index is -4.07. The minimum absolute atomic E-state index is 0.0171. The van der Waals surface area contributed by atoms with Gasteiger partial charge in [-0.1, -0.05) is 24.3 Å². The molecule has 1 aromatic heterocycles. The molecule has 0 spiro atoms. The summed E-state index contributed by atoms with van der Waals surface area (Å²) in [4.78, 5) is 25.7. The largest absolute Gasteiger partial charge is 0.496 e. The molecule has 0 saturated heterocycles. The highest BCUT2D eigenvalue weighted by molar-refractivity contribution is 7.90. The van der Waals surface area contributed by atoms with Crippen molar-refractivity contribution in [2.45, 2.75) is 69.4 Å². The van der Waals surface area contributed by atoms with Crippen LogP contribution in [0, 0.1) is 12.8 Å². The molecule has 0 radical (unpaired) electrons. The molecule has 230 valence electrons. The average molecular weight is 616 g/mol. The van der Waals surface area contributed by atoms with Gasteiger partial charge in [0.1, 0.15) is 11.9 Å². The van der Waals surface area contributed by atoms with Crippen LogP contribution < -0.4 is 14.8 Å². The molecule has 1 heterocycles. The van der Waals surface area contributed by atoms with Gasteiger partial charge in [-0.25, -0.2) is 17.9 Å². The SMILES string of the molecule is COc1cc(Cc2cn(CC3CC3)c3ccc(NC(=O)OC4CCCC4)cc23)ccc1C(=O)NS(=O)(=O)c1ccccc1C. The van der Waals surface area contributed by atoms with Crippen molar-refractivity contribution < 1.29 is 27.5 Å². The molecular formula is C34H37N3O6S. The van der Waals surface area contributed by atoms with E-state index in [0.29, 0.717) is 23.6 Å². The van der Waals surface area contributed by atoms with Gasteiger partial charge in [0.25, 0.3) is 15.9 Å². The fourth-order valence-electron chi connectivity index (χ4n) is 5.97. The maximum Gasteiger partial charge on any atom is 0.411 e. The molecule has 2 N–H and O–H groups in total. The second kappa shape index (κ2) is 12.4. The second-order valence-electron chi connectivity index (χ2n) is 11.8. The Morgan fingerprint density at radius 2 is 1.75 bits per heavy atom. The van der Waals surface area contributed by atoms with E-state index in [0.717, 1.165) is 54.3 Å². The molecule has 0 aliphatic heterocycles. The van der Waals surface area contributed by atoms with Crippen LogP contribution in [0.15, 0.2) is 71.8 Å². The first-order chi connectivity index (χ1) is 21.2. The monoisotopic (exact) mass is 615 g/mol. The quantitative estimate of drug-likeness (QED) is 0.209. The average Bonchev–Trinajstić information content (AvgIpc) is 3.55. The van der Waals surface area contributed by atoms with Crippen molar-refractivity contribution in [3.05, 3.63) is 89.1 Å². The number of rotatable bonds is 10. The Balaban J connectivity index is 1.24. The first-order valence-corrected chi connectivity index (χ1v) is 16.6. The number of carbonyl (C=O) groups excluding carboxylic acids is 2. The van der Waals surface area contributed by atoms with Crippen molar-refractivity contribution in [3.63, 3.8) is 0 Å². The Hall–Kier alpha value is -4.31. The molecule has 2 amide bonds. The number of methoxy groups -OCH3 is 1. The van der Waals surface area contributed by atoms with Crippen LogP contribution in [-0.2, 0) is 27.7 Å². The molecule has 44 heavy (non-hydrogen) atoms. The Kier molecular flexibility index (Phi) is 8.35. The van der Waals surface area contributed by atoms with E-state index >= 15 is 0 Å². The third-order valence-corrected chi connectivity index (χ3v) is 9.94. The second-order valence-corrected chi connectivity index (χ2v) is 13.5. The number of aryl methyl sites for hydroxylation is 1. The standard InChI is InChI=1S/C34H37N3O6S/c1-22-7-3-6-10-32(22)44(40,41)36-33(38)28-15-13-24(18-31(28)42-2)17-25-21-37(20-23-11-12-23)30-16-14-26(19-29(25)30)35-34(39)43-27-8-4-5-9-27/h3,6-7,10,13-16,18-19,21,23,27H,4-5,8-9,11-12,17,20H2,1-2H3,(H,35,39)(H,36,38). The lowest BCUT2D eigenvalue weighted by Gasteiger charge is -2.13. The van der Waals surface area contributed by atoms with Crippen LogP contribution >= 0.6 is 0 Å². The maximum absolute atomic E-state index is 13.1. The predicted molar refractivity (Wildman–Crippen MR) is 169 cm³/mol. The van der Waals surface area contributed by atoms with E-state index in [9.17, 15) is 18.0 Å². The normalized spacial score (nSPS) is 15.3. The number of fused-ring (bicyclic) bond motifs is 1. The van der Waals surface area contributed by atoms with Gasteiger partial charge in [-0.3, -0.25) is 10.1 Å². The number of amides is 2. The topological polar surface area (TPSA) is 116 Å². The Morgan fingerprint density at radius 3 is 2.48 bits per heavy atom. The third kappa shape index (κ3) is 6.60. The fraction of sp³-hybridized carbons (Fsp3) is 0.353. The number of benzene rings is 3. The number of hydrogen-bond donors (Lipinski definition) is 2. The van der Waals surface area contributed by atoms with E-state index in [4.69, 9.17) is 9.47 Å². The van der Waals surface area contributed by atoms with Crippen molar-refractivity contribution >= 4 is 38.6 Å². The van der Waals surface area contributed by atoms with Crippen LogP contribution in [0.2, 0.25) is 0 Å². The summed E-state index contributed by atoms with van der Waals surface area (Å²) >= 11 is 0. The summed E-state index contributed by atoms with van der Waals surface area (Å²) < 4.78 is 41.4. The molecule has 2 fully saturated rings. The van der Waals surface area contributed by atoms with Gasteiger partial charge in [-0.15, -0.1) is 0 Å². The van der Waals surface area contributed by atoms with E-state index in [1.807, 2.05) is 24.3 Å². The van der Waals surface area contributed by atoms with E-state index < -0.39 is 22.0 Å². The van der Waals surface area contributed by atoms with E-state index in [2.05, 4.69) is 20.8 Å².